The summed E-state index contributed by atoms with van der Waals surface area (Å²) in [5.41, 5.74) is 26.1. The third kappa shape index (κ3) is 14.2. The standard InChI is InChI=1S/C34H29N.C34H26S2.C28H25N.C22H18S2/c1-34(2,3)33-28(25-16-9-5-10-17-25)22-23-30-32(33)31-27(24-14-7-4-8-15-24)20-13-21-29(31)35(30)26-18-11-6-12-19-26;1-34(2,3)33-31-27(35-25-18-10-16-23(29(25)31)21-12-6-4-7-13-21)20-28-32(33)30-24(17-11-19-26(30)36-28)22-14-8-5-9-15-22;1-28(2,3)23-17-11-19-25-27(23)26-22(20-12-6-4-7-13-20)16-10-18-24(26)29(25)21-14-8-5-9-15-21;1-22(2,3)21-19-13-8-4-6-10-15(13)23-17(19)12-18-20(21)14-9-5-7-11-16(14)24-18/h4-23H,1-3H3;4-20H,1-3H3;4-19H,1-3H3;4-12H,1-3H3. The molecule has 6 aromatic heterocycles. The van der Waals surface area contributed by atoms with Crippen LogP contribution in [0.25, 0.3) is 191 Å². The molecule has 0 saturated carbocycles. The average molecular weight is 1670 g/mol. The zero-order chi connectivity index (χ0) is 84.9. The second-order valence-electron chi connectivity index (χ2n) is 36.9. The molecule has 0 N–H and O–H groups in total. The first-order chi connectivity index (χ1) is 60.1. The largest absolute Gasteiger partial charge is 0.309 e. The van der Waals surface area contributed by atoms with E-state index in [2.05, 4.69) is 468 Å². The summed E-state index contributed by atoms with van der Waals surface area (Å²) in [5.74, 6) is 0. The SMILES string of the molecule is CC(C)(C)c1c(-c2ccccc2)ccc2c1c1c(-c3ccccc3)cccc1n2-c1ccccc1.CC(C)(C)c1c2c(cc3sc4cccc(-c5ccccc5)c4c13)sc1cccc(-c3ccccc3)c12.CC(C)(C)c1c2c(cc3sc4ccccc4c13)sc1ccccc12.CC(C)(C)c1cccc2c1c1c(-c3ccccc3)cccc1n2-c1ccccc1. The maximum Gasteiger partial charge on any atom is 0.0547 e. The second kappa shape index (κ2) is 31.8. The molecule has 124 heavy (non-hydrogen) atoms. The summed E-state index contributed by atoms with van der Waals surface area (Å²) < 4.78 is 16.0. The highest BCUT2D eigenvalue weighted by atomic mass is 32.1. The molecule has 0 amide bonds. The van der Waals surface area contributed by atoms with Crippen molar-refractivity contribution >= 4 is 170 Å². The van der Waals surface area contributed by atoms with Crippen molar-refractivity contribution < 1.29 is 0 Å². The maximum atomic E-state index is 2.46. The van der Waals surface area contributed by atoms with E-state index in [9.17, 15) is 0 Å². The molecule has 0 fully saturated rings. The number of fused-ring (bicyclic) bond motifs is 18. The molecule has 0 bridgehead atoms. The van der Waals surface area contributed by atoms with Crippen molar-refractivity contribution in [1.82, 2.24) is 9.13 Å². The van der Waals surface area contributed by atoms with Crippen molar-refractivity contribution in [1.29, 1.82) is 0 Å². The summed E-state index contributed by atoms with van der Waals surface area (Å²) in [6, 6.07) is 136. The Kier molecular flexibility index (Phi) is 20.5. The van der Waals surface area contributed by atoms with Gasteiger partial charge in [-0.05, 0) is 184 Å². The molecule has 0 spiro atoms. The molecule has 0 aliphatic rings. The lowest BCUT2D eigenvalue weighted by atomic mass is 9.78. The van der Waals surface area contributed by atoms with Crippen LogP contribution in [0.3, 0.4) is 0 Å². The van der Waals surface area contributed by atoms with E-state index in [0.29, 0.717) is 0 Å². The van der Waals surface area contributed by atoms with E-state index in [1.54, 1.807) is 0 Å². The fourth-order valence-electron chi connectivity index (χ4n) is 19.5. The van der Waals surface area contributed by atoms with E-state index in [-0.39, 0.29) is 21.7 Å². The molecule has 0 saturated heterocycles. The van der Waals surface area contributed by atoms with E-state index in [4.69, 9.17) is 0 Å². The molecular formula is C118H98N2S4. The molecule has 0 aliphatic carbocycles. The number of benzene rings is 17. The maximum absolute atomic E-state index is 2.46. The van der Waals surface area contributed by atoms with E-state index < -0.39 is 0 Å². The minimum absolute atomic E-state index is 0.0205. The van der Waals surface area contributed by atoms with Crippen molar-refractivity contribution in [2.45, 2.75) is 105 Å². The van der Waals surface area contributed by atoms with Crippen molar-refractivity contribution in [3.05, 3.63) is 398 Å². The fraction of sp³-hybridized carbons (Fsp3) is 0.136. The van der Waals surface area contributed by atoms with Gasteiger partial charge in [0.2, 0.25) is 0 Å². The summed E-state index contributed by atoms with van der Waals surface area (Å²) >= 11 is 7.71. The zero-order valence-electron chi connectivity index (χ0n) is 72.3. The Morgan fingerprint density at radius 3 is 0.839 bits per heavy atom. The number of hydrogen-bond acceptors (Lipinski definition) is 4. The summed E-state index contributed by atoms with van der Waals surface area (Å²) in [4.78, 5) is 0. The van der Waals surface area contributed by atoms with Crippen LogP contribution in [-0.2, 0) is 21.7 Å². The van der Waals surface area contributed by atoms with Crippen LogP contribution in [-0.4, -0.2) is 9.13 Å². The Bertz CT molecular complexity index is 7730. The van der Waals surface area contributed by atoms with Crippen LogP contribution in [0.2, 0.25) is 0 Å². The Morgan fingerprint density at radius 2 is 0.460 bits per heavy atom. The first-order valence-corrected chi connectivity index (χ1v) is 46.6. The minimum Gasteiger partial charge on any atom is -0.309 e. The van der Waals surface area contributed by atoms with Gasteiger partial charge >= 0.3 is 0 Å². The molecular weight excluding hydrogens is 1570 g/mol. The van der Waals surface area contributed by atoms with Crippen molar-refractivity contribution in [3.63, 3.8) is 0 Å². The Labute approximate surface area is 742 Å². The molecule has 0 unspecified atom stereocenters. The van der Waals surface area contributed by atoms with Crippen LogP contribution in [0.5, 0.6) is 0 Å². The van der Waals surface area contributed by atoms with Gasteiger partial charge in [-0.1, -0.05) is 374 Å². The van der Waals surface area contributed by atoms with Crippen molar-refractivity contribution in [2.24, 2.45) is 0 Å². The van der Waals surface area contributed by atoms with Crippen LogP contribution >= 0.6 is 45.3 Å². The number of hydrogen-bond donors (Lipinski definition) is 0. The first kappa shape index (κ1) is 79.7. The van der Waals surface area contributed by atoms with Crippen molar-refractivity contribution in [2.75, 3.05) is 0 Å². The fourth-order valence-corrected chi connectivity index (χ4v) is 24.4. The predicted molar refractivity (Wildman–Crippen MR) is 548 cm³/mol. The molecule has 604 valence electrons. The van der Waals surface area contributed by atoms with Crippen LogP contribution in [0, 0.1) is 0 Å². The molecule has 23 rings (SSSR count). The Morgan fingerprint density at radius 1 is 0.177 bits per heavy atom. The van der Waals surface area contributed by atoms with Gasteiger partial charge in [-0.2, -0.15) is 0 Å². The summed E-state index contributed by atoms with van der Waals surface area (Å²) in [5, 5.41) is 16.7. The summed E-state index contributed by atoms with van der Waals surface area (Å²) in [6.07, 6.45) is 0. The molecule has 0 aliphatic heterocycles. The lowest BCUT2D eigenvalue weighted by molar-refractivity contribution is 0.596. The molecule has 17 aromatic carbocycles. The molecule has 2 nitrogen and oxygen atoms in total. The lowest BCUT2D eigenvalue weighted by Crippen LogP contribution is -2.13. The van der Waals surface area contributed by atoms with Crippen LogP contribution < -0.4 is 0 Å². The second-order valence-corrected chi connectivity index (χ2v) is 41.2. The third-order valence-electron chi connectivity index (χ3n) is 24.5. The highest BCUT2D eigenvalue weighted by Gasteiger charge is 2.32. The van der Waals surface area contributed by atoms with Gasteiger partial charge < -0.3 is 9.13 Å². The predicted octanol–water partition coefficient (Wildman–Crippen LogP) is 35.9. The van der Waals surface area contributed by atoms with Gasteiger partial charge in [-0.25, -0.2) is 0 Å². The number of rotatable bonds is 7. The van der Waals surface area contributed by atoms with E-state index in [1.807, 2.05) is 45.3 Å². The zero-order valence-corrected chi connectivity index (χ0v) is 75.6. The normalized spacial score (nSPS) is 12.2. The molecule has 0 atom stereocenters. The minimum atomic E-state index is -0.0513. The smallest absolute Gasteiger partial charge is 0.0547 e. The highest BCUT2D eigenvalue weighted by molar-refractivity contribution is 7.29. The molecule has 0 radical (unpaired) electrons. The Hall–Kier alpha value is -12.8. The third-order valence-corrected chi connectivity index (χ3v) is 29.0. The molecule has 23 aromatic rings. The van der Waals surface area contributed by atoms with Gasteiger partial charge in [0.15, 0.2) is 0 Å². The number of nitrogens with zero attached hydrogens (tertiary/aromatic N) is 2. The number of thiophene rings is 4. The average Bonchev–Trinajstić information content (AvgIpc) is 1.37. The van der Waals surface area contributed by atoms with Gasteiger partial charge in [0.25, 0.3) is 0 Å². The van der Waals surface area contributed by atoms with Gasteiger partial charge in [-0.3, -0.25) is 0 Å². The first-order valence-electron chi connectivity index (χ1n) is 43.3. The van der Waals surface area contributed by atoms with Crippen LogP contribution in [0.1, 0.15) is 105 Å². The summed E-state index contributed by atoms with van der Waals surface area (Å²) in [6.45, 7) is 28.1. The van der Waals surface area contributed by atoms with Gasteiger partial charge in [-0.15, -0.1) is 45.3 Å². The topological polar surface area (TPSA) is 9.86 Å². The van der Waals surface area contributed by atoms with Gasteiger partial charge in [0.1, 0.15) is 0 Å². The Balaban J connectivity index is 0.000000106. The van der Waals surface area contributed by atoms with Crippen LogP contribution in [0.15, 0.2) is 376 Å². The van der Waals surface area contributed by atoms with E-state index in [1.165, 1.54) is 214 Å². The van der Waals surface area contributed by atoms with E-state index >= 15 is 0 Å². The monoisotopic (exact) mass is 1670 g/mol. The molecule has 6 heterocycles. The lowest BCUT2D eigenvalue weighted by Gasteiger charge is -2.25. The van der Waals surface area contributed by atoms with Crippen molar-refractivity contribution in [3.8, 4) is 67.0 Å². The quantitative estimate of drug-likeness (QED) is 0.151. The van der Waals surface area contributed by atoms with Gasteiger partial charge in [0, 0.05) is 114 Å². The number of para-hydroxylation sites is 2. The summed E-state index contributed by atoms with van der Waals surface area (Å²) in [7, 11) is 0. The highest BCUT2D eigenvalue weighted by Crippen LogP contribution is 2.55. The molecule has 6 heteroatoms. The van der Waals surface area contributed by atoms with Crippen LogP contribution in [0.4, 0.5) is 0 Å². The van der Waals surface area contributed by atoms with Gasteiger partial charge in [0.05, 0.1) is 22.1 Å². The van der Waals surface area contributed by atoms with E-state index in [0.717, 1.165) is 0 Å². The number of aromatic nitrogens is 2.